The molecule has 4 rings (SSSR count). The average Bonchev–Trinajstić information content (AvgIpc) is 3.32. The first-order valence-electron chi connectivity index (χ1n) is 15.0. The largest absolute Gasteiger partial charge is 0.478 e. The van der Waals surface area contributed by atoms with Crippen LogP contribution in [0.1, 0.15) is 100 Å². The van der Waals surface area contributed by atoms with Gasteiger partial charge < -0.3 is 25.8 Å². The van der Waals surface area contributed by atoms with Crippen LogP contribution < -0.4 is 11.1 Å². The van der Waals surface area contributed by atoms with Gasteiger partial charge in [-0.05, 0) is 76.3 Å². The van der Waals surface area contributed by atoms with E-state index in [1.165, 1.54) is 23.1 Å². The Morgan fingerprint density at radius 1 is 1.05 bits per heavy atom. The molecule has 1 aromatic carbocycles. The van der Waals surface area contributed by atoms with Crippen molar-refractivity contribution in [2.24, 2.45) is 29.4 Å². The lowest BCUT2D eigenvalue weighted by molar-refractivity contribution is -0.143. The van der Waals surface area contributed by atoms with Gasteiger partial charge in [0.25, 0.3) is 0 Å². The SMILES string of the molecule is CC(C)(C)OC(=O)NC[C@H]1CC[C@H](C(=O)N2CC(c3c(F)cccc3C(=O)O)[C@@H](C3CCCCC3)[C@H]2C(N)=O)CC1. The second kappa shape index (κ2) is 12.8. The number of nitrogens with two attached hydrogens (primary N) is 1. The van der Waals surface area contributed by atoms with E-state index >= 15 is 4.39 Å². The van der Waals surface area contributed by atoms with Crippen LogP contribution in [0.3, 0.4) is 0 Å². The van der Waals surface area contributed by atoms with Crippen molar-refractivity contribution in [1.29, 1.82) is 0 Å². The number of hydrogen-bond acceptors (Lipinski definition) is 5. The van der Waals surface area contributed by atoms with Gasteiger partial charge in [0.1, 0.15) is 17.5 Å². The fraction of sp³-hybridized carbons (Fsp3) is 0.677. The summed E-state index contributed by atoms with van der Waals surface area (Å²) in [7, 11) is 0. The summed E-state index contributed by atoms with van der Waals surface area (Å²) in [6.07, 6.45) is 6.87. The molecule has 1 heterocycles. The van der Waals surface area contributed by atoms with Crippen LogP contribution >= 0.6 is 0 Å². The number of hydrogen-bond donors (Lipinski definition) is 3. The van der Waals surface area contributed by atoms with Crippen LogP contribution in [-0.2, 0) is 14.3 Å². The minimum Gasteiger partial charge on any atom is -0.478 e. The van der Waals surface area contributed by atoms with Crippen molar-refractivity contribution in [3.8, 4) is 0 Å². The lowest BCUT2D eigenvalue weighted by Crippen LogP contribution is -2.50. The summed E-state index contributed by atoms with van der Waals surface area (Å²) in [5, 5.41) is 12.7. The Hall–Kier alpha value is -3.17. The Bertz CT molecular complexity index is 1140. The first-order valence-corrected chi connectivity index (χ1v) is 15.0. The number of benzene rings is 1. The number of carbonyl (C=O) groups is 4. The Kier molecular flexibility index (Phi) is 9.59. The molecule has 2 saturated carbocycles. The number of nitrogens with zero attached hydrogens (tertiary/aromatic N) is 1. The van der Waals surface area contributed by atoms with E-state index in [0.717, 1.165) is 44.9 Å². The van der Waals surface area contributed by atoms with Crippen molar-refractivity contribution in [3.63, 3.8) is 0 Å². The first kappa shape index (κ1) is 30.8. The van der Waals surface area contributed by atoms with Crippen molar-refractivity contribution in [2.75, 3.05) is 13.1 Å². The summed E-state index contributed by atoms with van der Waals surface area (Å²) in [6.45, 7) is 5.94. The van der Waals surface area contributed by atoms with Crippen molar-refractivity contribution in [3.05, 3.63) is 35.1 Å². The summed E-state index contributed by atoms with van der Waals surface area (Å²) in [5.41, 5.74) is 5.32. The van der Waals surface area contributed by atoms with Gasteiger partial charge in [-0.25, -0.2) is 14.0 Å². The number of carboxylic acids is 1. The molecule has 1 saturated heterocycles. The highest BCUT2D eigenvalue weighted by molar-refractivity contribution is 5.91. The molecule has 0 aromatic heterocycles. The fourth-order valence-corrected chi connectivity index (χ4v) is 7.32. The molecular weight excluding hydrogens is 529 g/mol. The second-order valence-electron chi connectivity index (χ2n) is 13.0. The van der Waals surface area contributed by atoms with E-state index in [1.54, 1.807) is 20.8 Å². The zero-order chi connectivity index (χ0) is 29.9. The number of carboxylic acid groups (broad SMARTS) is 1. The van der Waals surface area contributed by atoms with Crippen LogP contribution in [0.4, 0.5) is 9.18 Å². The van der Waals surface area contributed by atoms with Gasteiger partial charge in [0.15, 0.2) is 0 Å². The van der Waals surface area contributed by atoms with E-state index in [-0.39, 0.29) is 41.3 Å². The second-order valence-corrected chi connectivity index (χ2v) is 13.0. The van der Waals surface area contributed by atoms with Crippen LogP contribution in [-0.4, -0.2) is 58.6 Å². The molecule has 10 heteroatoms. The van der Waals surface area contributed by atoms with Crippen LogP contribution in [0.2, 0.25) is 0 Å². The molecular formula is C31H44FN3O6. The molecule has 3 aliphatic rings. The first-order chi connectivity index (χ1) is 19.4. The predicted octanol–water partition coefficient (Wildman–Crippen LogP) is 4.83. The summed E-state index contributed by atoms with van der Waals surface area (Å²) in [6, 6.07) is 3.09. The van der Waals surface area contributed by atoms with Crippen molar-refractivity contribution < 1.29 is 33.4 Å². The highest BCUT2D eigenvalue weighted by Crippen LogP contribution is 2.48. The van der Waals surface area contributed by atoms with Crippen LogP contribution in [0.5, 0.6) is 0 Å². The lowest BCUT2D eigenvalue weighted by atomic mass is 9.70. The summed E-state index contributed by atoms with van der Waals surface area (Å²) < 4.78 is 20.7. The molecule has 0 bridgehead atoms. The number of nitrogens with one attached hydrogen (secondary N) is 1. The maximum absolute atomic E-state index is 15.4. The van der Waals surface area contributed by atoms with E-state index in [9.17, 15) is 24.3 Å². The molecule has 9 nitrogen and oxygen atoms in total. The van der Waals surface area contributed by atoms with Crippen molar-refractivity contribution >= 4 is 23.9 Å². The molecule has 0 spiro atoms. The number of aromatic carboxylic acids is 1. The maximum atomic E-state index is 15.4. The lowest BCUT2D eigenvalue weighted by Gasteiger charge is -2.36. The molecule has 1 aliphatic heterocycles. The average molecular weight is 574 g/mol. The van der Waals surface area contributed by atoms with E-state index < -0.39 is 47.3 Å². The summed E-state index contributed by atoms with van der Waals surface area (Å²) >= 11 is 0. The number of amides is 3. The number of ether oxygens (including phenoxy) is 1. The zero-order valence-electron chi connectivity index (χ0n) is 24.4. The normalized spacial score (nSPS) is 27.3. The van der Waals surface area contributed by atoms with Gasteiger partial charge >= 0.3 is 12.1 Å². The molecule has 3 amide bonds. The highest BCUT2D eigenvalue weighted by atomic mass is 19.1. The highest BCUT2D eigenvalue weighted by Gasteiger charge is 2.52. The van der Waals surface area contributed by atoms with E-state index in [4.69, 9.17) is 10.5 Å². The molecule has 1 unspecified atom stereocenters. The Morgan fingerprint density at radius 3 is 2.29 bits per heavy atom. The van der Waals surface area contributed by atoms with Gasteiger partial charge in [0.05, 0.1) is 5.56 Å². The molecule has 4 N–H and O–H groups in total. The molecule has 41 heavy (non-hydrogen) atoms. The molecule has 2 aliphatic carbocycles. The number of halogens is 1. The van der Waals surface area contributed by atoms with Crippen molar-refractivity contribution in [1.82, 2.24) is 10.2 Å². The smallest absolute Gasteiger partial charge is 0.407 e. The maximum Gasteiger partial charge on any atom is 0.407 e. The van der Waals surface area contributed by atoms with Gasteiger partial charge in [0, 0.05) is 30.5 Å². The van der Waals surface area contributed by atoms with Crippen molar-refractivity contribution in [2.45, 2.75) is 96.1 Å². The van der Waals surface area contributed by atoms with E-state index in [2.05, 4.69) is 5.32 Å². The predicted molar refractivity (Wildman–Crippen MR) is 151 cm³/mol. The van der Waals surface area contributed by atoms with E-state index in [0.29, 0.717) is 19.4 Å². The Balaban J connectivity index is 1.53. The number of primary amides is 1. The van der Waals surface area contributed by atoms with E-state index in [1.807, 2.05) is 0 Å². The Morgan fingerprint density at radius 2 is 1.71 bits per heavy atom. The van der Waals surface area contributed by atoms with Gasteiger partial charge in [-0.15, -0.1) is 0 Å². The molecule has 3 fully saturated rings. The van der Waals surface area contributed by atoms with Gasteiger partial charge in [-0.3, -0.25) is 9.59 Å². The summed E-state index contributed by atoms with van der Waals surface area (Å²) in [5.74, 6) is -3.82. The van der Waals surface area contributed by atoms with Gasteiger partial charge in [0.2, 0.25) is 11.8 Å². The standard InChI is InChI=1S/C31H44FN3O6/c1-31(2,3)41-30(40)34-16-18-12-14-20(15-13-18)28(37)35-17-22(25-21(29(38)39)10-7-11-23(25)32)24(26(35)27(33)36)19-8-5-4-6-9-19/h7,10-11,18-20,22,24,26H,4-6,8-9,12-17H2,1-3H3,(H2,33,36)(H,34,40)(H,38,39)/t18-,20-,22?,24-,26+/m1/s1. The number of rotatable bonds is 7. The minimum absolute atomic E-state index is 0.0416. The zero-order valence-corrected chi connectivity index (χ0v) is 24.4. The third-order valence-electron chi connectivity index (χ3n) is 9.11. The molecule has 226 valence electrons. The third-order valence-corrected chi connectivity index (χ3v) is 9.11. The fourth-order valence-electron chi connectivity index (χ4n) is 7.32. The van der Waals surface area contributed by atoms with Crippen LogP contribution in [0.25, 0.3) is 0 Å². The topological polar surface area (TPSA) is 139 Å². The molecule has 0 radical (unpaired) electrons. The third kappa shape index (κ3) is 7.19. The van der Waals surface area contributed by atoms with Gasteiger partial charge in [-0.2, -0.15) is 0 Å². The number of likely N-dealkylation sites (tertiary alicyclic amines) is 1. The van der Waals surface area contributed by atoms with Crippen LogP contribution in [0.15, 0.2) is 18.2 Å². The number of carbonyl (C=O) groups excluding carboxylic acids is 3. The quantitative estimate of drug-likeness (QED) is 0.427. The Labute approximate surface area is 241 Å². The van der Waals surface area contributed by atoms with Crippen LogP contribution in [0, 0.1) is 29.5 Å². The monoisotopic (exact) mass is 573 g/mol. The minimum atomic E-state index is -1.24. The summed E-state index contributed by atoms with van der Waals surface area (Å²) in [4.78, 5) is 52.7. The molecule has 3 atom stereocenters. The van der Waals surface area contributed by atoms with Gasteiger partial charge in [-0.1, -0.05) is 38.2 Å². The number of alkyl carbamates (subject to hydrolysis) is 1. The molecule has 1 aromatic rings.